The van der Waals surface area contributed by atoms with Crippen molar-refractivity contribution in [3.05, 3.63) is 23.8 Å². The molecule has 0 bridgehead atoms. The first-order valence-corrected chi connectivity index (χ1v) is 6.90. The van der Waals surface area contributed by atoms with E-state index in [1.165, 1.54) is 7.11 Å². The highest BCUT2D eigenvalue weighted by molar-refractivity contribution is 5.81. The number of phenols is 1. The highest BCUT2D eigenvalue weighted by Crippen LogP contribution is 2.28. The molecule has 0 spiro atoms. The van der Waals surface area contributed by atoms with Gasteiger partial charge in [-0.1, -0.05) is 13.0 Å². The molecule has 2 unspecified atom stereocenters. The molecule has 1 aromatic rings. The van der Waals surface area contributed by atoms with E-state index in [1.807, 2.05) is 26.8 Å². The lowest BCUT2D eigenvalue weighted by Gasteiger charge is -2.20. The second-order valence-electron chi connectivity index (χ2n) is 4.83. The molecule has 2 atom stereocenters. The first-order chi connectivity index (χ1) is 9.49. The van der Waals surface area contributed by atoms with Crippen molar-refractivity contribution < 1.29 is 14.6 Å². The largest absolute Gasteiger partial charge is 0.504 e. The molecule has 0 aliphatic rings. The molecule has 0 aromatic heterocycles. The highest BCUT2D eigenvalue weighted by Gasteiger charge is 2.16. The minimum atomic E-state index is -0.281. The van der Waals surface area contributed by atoms with E-state index in [4.69, 9.17) is 4.74 Å². The van der Waals surface area contributed by atoms with Crippen LogP contribution < -0.4 is 15.4 Å². The van der Waals surface area contributed by atoms with Crippen LogP contribution in [0.25, 0.3) is 0 Å². The predicted molar refractivity (Wildman–Crippen MR) is 79.0 cm³/mol. The number of methoxy groups -OCH3 is 1. The molecule has 0 saturated carbocycles. The number of carbonyl (C=O) groups is 1. The van der Waals surface area contributed by atoms with E-state index < -0.39 is 0 Å². The van der Waals surface area contributed by atoms with Crippen molar-refractivity contribution in [3.8, 4) is 11.5 Å². The Morgan fingerprint density at radius 3 is 2.70 bits per heavy atom. The molecular weight excluding hydrogens is 256 g/mol. The van der Waals surface area contributed by atoms with E-state index in [2.05, 4.69) is 10.6 Å². The number of nitrogens with one attached hydrogen (secondary N) is 2. The summed E-state index contributed by atoms with van der Waals surface area (Å²) in [4.78, 5) is 11.8. The topological polar surface area (TPSA) is 70.6 Å². The maximum absolute atomic E-state index is 11.8. The fourth-order valence-electron chi connectivity index (χ4n) is 1.91. The van der Waals surface area contributed by atoms with Gasteiger partial charge in [-0.05, 0) is 38.0 Å². The predicted octanol–water partition coefficient (Wildman–Crippen LogP) is 1.97. The minimum absolute atomic E-state index is 0.00977. The van der Waals surface area contributed by atoms with Crippen LogP contribution in [0.2, 0.25) is 0 Å². The van der Waals surface area contributed by atoms with E-state index in [-0.39, 0.29) is 23.7 Å². The van der Waals surface area contributed by atoms with Gasteiger partial charge in [-0.25, -0.2) is 0 Å². The summed E-state index contributed by atoms with van der Waals surface area (Å²) < 4.78 is 5.08. The number of hydrogen-bond donors (Lipinski definition) is 3. The van der Waals surface area contributed by atoms with Crippen LogP contribution in [-0.4, -0.2) is 30.7 Å². The van der Waals surface area contributed by atoms with Crippen LogP contribution in [0.4, 0.5) is 0 Å². The lowest BCUT2D eigenvalue weighted by Crippen LogP contribution is -2.43. The van der Waals surface area contributed by atoms with E-state index in [0.717, 1.165) is 12.0 Å². The van der Waals surface area contributed by atoms with Crippen molar-refractivity contribution in [2.45, 2.75) is 39.3 Å². The summed E-state index contributed by atoms with van der Waals surface area (Å²) in [5.41, 5.74) is 0.954. The first kappa shape index (κ1) is 16.3. The molecular formula is C15H24N2O3. The summed E-state index contributed by atoms with van der Waals surface area (Å²) in [6.07, 6.45) is 0.920. The van der Waals surface area contributed by atoms with Crippen LogP contribution in [0, 0.1) is 0 Å². The second-order valence-corrected chi connectivity index (χ2v) is 4.83. The maximum atomic E-state index is 11.8. The fraction of sp³-hybridized carbons (Fsp3) is 0.533. The number of amides is 1. The van der Waals surface area contributed by atoms with Crippen molar-refractivity contribution in [2.24, 2.45) is 0 Å². The Morgan fingerprint density at radius 2 is 2.10 bits per heavy atom. The van der Waals surface area contributed by atoms with E-state index in [9.17, 15) is 9.90 Å². The number of benzene rings is 1. The van der Waals surface area contributed by atoms with Crippen molar-refractivity contribution in [3.63, 3.8) is 0 Å². The number of hydrogen-bond acceptors (Lipinski definition) is 4. The Morgan fingerprint density at radius 1 is 1.40 bits per heavy atom. The Kier molecular flexibility index (Phi) is 6.31. The number of rotatable bonds is 7. The van der Waals surface area contributed by atoms with E-state index in [0.29, 0.717) is 12.3 Å². The molecule has 112 valence electrons. The molecule has 1 amide bonds. The SMILES string of the molecule is CCCNC(=O)C(C)NC(C)c1ccc(O)c(OC)c1. The van der Waals surface area contributed by atoms with Crippen molar-refractivity contribution in [2.75, 3.05) is 13.7 Å². The lowest BCUT2D eigenvalue weighted by molar-refractivity contribution is -0.122. The fourth-order valence-corrected chi connectivity index (χ4v) is 1.91. The molecule has 1 aromatic carbocycles. The van der Waals surface area contributed by atoms with Crippen LogP contribution in [0.3, 0.4) is 0 Å². The van der Waals surface area contributed by atoms with Gasteiger partial charge in [0.2, 0.25) is 5.91 Å². The molecule has 20 heavy (non-hydrogen) atoms. The third-order valence-electron chi connectivity index (χ3n) is 3.15. The molecule has 0 saturated heterocycles. The molecule has 5 heteroatoms. The van der Waals surface area contributed by atoms with Gasteiger partial charge in [0.15, 0.2) is 11.5 Å². The van der Waals surface area contributed by atoms with Gasteiger partial charge in [0.1, 0.15) is 0 Å². The average Bonchev–Trinajstić information content (AvgIpc) is 2.44. The zero-order chi connectivity index (χ0) is 15.1. The van der Waals surface area contributed by atoms with Gasteiger partial charge in [0.05, 0.1) is 13.2 Å². The zero-order valence-electron chi connectivity index (χ0n) is 12.6. The van der Waals surface area contributed by atoms with Crippen LogP contribution >= 0.6 is 0 Å². The second kappa shape index (κ2) is 7.75. The van der Waals surface area contributed by atoms with Crippen LogP contribution in [-0.2, 0) is 4.79 Å². The third kappa shape index (κ3) is 4.42. The molecule has 3 N–H and O–H groups in total. The Balaban J connectivity index is 2.66. The average molecular weight is 280 g/mol. The maximum Gasteiger partial charge on any atom is 0.236 e. The monoisotopic (exact) mass is 280 g/mol. The minimum Gasteiger partial charge on any atom is -0.504 e. The molecule has 0 fully saturated rings. The van der Waals surface area contributed by atoms with Gasteiger partial charge < -0.3 is 15.2 Å². The van der Waals surface area contributed by atoms with Crippen LogP contribution in [0.5, 0.6) is 11.5 Å². The number of carbonyl (C=O) groups excluding carboxylic acids is 1. The molecule has 5 nitrogen and oxygen atoms in total. The van der Waals surface area contributed by atoms with Gasteiger partial charge in [-0.3, -0.25) is 10.1 Å². The zero-order valence-corrected chi connectivity index (χ0v) is 12.6. The summed E-state index contributed by atoms with van der Waals surface area (Å²) in [5, 5.41) is 15.7. The molecule has 0 aliphatic heterocycles. The summed E-state index contributed by atoms with van der Waals surface area (Å²) in [6.45, 7) is 6.50. The van der Waals surface area contributed by atoms with Crippen LogP contribution in [0.15, 0.2) is 18.2 Å². The smallest absolute Gasteiger partial charge is 0.236 e. The van der Waals surface area contributed by atoms with Crippen molar-refractivity contribution in [1.82, 2.24) is 10.6 Å². The van der Waals surface area contributed by atoms with E-state index in [1.54, 1.807) is 12.1 Å². The summed E-state index contributed by atoms with van der Waals surface area (Å²) >= 11 is 0. The van der Waals surface area contributed by atoms with E-state index >= 15 is 0 Å². The van der Waals surface area contributed by atoms with Gasteiger partial charge >= 0.3 is 0 Å². The summed E-state index contributed by atoms with van der Waals surface area (Å²) in [6, 6.07) is 4.87. The lowest BCUT2D eigenvalue weighted by atomic mass is 10.1. The highest BCUT2D eigenvalue weighted by atomic mass is 16.5. The van der Waals surface area contributed by atoms with Gasteiger partial charge in [-0.15, -0.1) is 0 Å². The molecule has 1 rings (SSSR count). The van der Waals surface area contributed by atoms with Crippen molar-refractivity contribution >= 4 is 5.91 Å². The molecule has 0 heterocycles. The standard InChI is InChI=1S/C15H24N2O3/c1-5-8-16-15(19)11(3)17-10(2)12-6-7-13(18)14(9-12)20-4/h6-7,9-11,17-18H,5,8H2,1-4H3,(H,16,19). The summed E-state index contributed by atoms with van der Waals surface area (Å²) in [5.74, 6) is 0.529. The third-order valence-corrected chi connectivity index (χ3v) is 3.15. The van der Waals surface area contributed by atoms with Gasteiger partial charge in [0, 0.05) is 12.6 Å². The number of ether oxygens (including phenoxy) is 1. The normalized spacial score (nSPS) is 13.6. The molecule has 0 aliphatic carbocycles. The quantitative estimate of drug-likeness (QED) is 0.714. The Labute approximate surface area is 120 Å². The molecule has 0 radical (unpaired) electrons. The van der Waals surface area contributed by atoms with Crippen LogP contribution in [0.1, 0.15) is 38.8 Å². The number of phenolic OH excluding ortho intramolecular Hbond substituents is 1. The van der Waals surface area contributed by atoms with Crippen molar-refractivity contribution in [1.29, 1.82) is 0 Å². The Bertz CT molecular complexity index is 449. The van der Waals surface area contributed by atoms with Gasteiger partial charge in [-0.2, -0.15) is 0 Å². The first-order valence-electron chi connectivity index (χ1n) is 6.90. The Hall–Kier alpha value is -1.75. The number of aromatic hydroxyl groups is 1. The van der Waals surface area contributed by atoms with Gasteiger partial charge in [0.25, 0.3) is 0 Å². The summed E-state index contributed by atoms with van der Waals surface area (Å²) in [7, 11) is 1.51.